The lowest BCUT2D eigenvalue weighted by atomic mass is 9.71. The third-order valence-electron chi connectivity index (χ3n) is 13.3. The summed E-state index contributed by atoms with van der Waals surface area (Å²) in [6.07, 6.45) is 1.24. The second-order valence-electron chi connectivity index (χ2n) is 16.1. The van der Waals surface area contributed by atoms with E-state index in [1.54, 1.807) is 18.9 Å². The minimum absolute atomic E-state index is 0.0151. The number of halogens is 1. The molecular formula is C43H44ClN5O8S. The largest absolute Gasteiger partial charge is 0.504 e. The SMILES string of the molecule is COc1c(C)cc2c(c1O)[C@@H]1C3[C@@H]4SC[C@]5(NCCc6c5[nH]c5ccccc65)C(=O)COC[C@@H](c5c6c(c(C)c(OC(=O)CCCl)c54)OCO6)N3[C@@H](C#N)[C@H](C2)N1C. The van der Waals surface area contributed by atoms with Crippen LogP contribution in [0.5, 0.6) is 28.7 Å². The van der Waals surface area contributed by atoms with Crippen LogP contribution in [0.4, 0.5) is 0 Å². The number of benzene rings is 3. The molecule has 7 atom stereocenters. The monoisotopic (exact) mass is 825 g/mol. The third kappa shape index (κ3) is 5.23. The number of nitrogens with zero attached hydrogens (tertiary/aromatic N) is 3. The highest BCUT2D eigenvalue weighted by Crippen LogP contribution is 2.64. The first kappa shape index (κ1) is 37.8. The van der Waals surface area contributed by atoms with Crippen LogP contribution in [0.2, 0.25) is 0 Å². The lowest BCUT2D eigenvalue weighted by molar-refractivity contribution is -0.134. The van der Waals surface area contributed by atoms with Crippen molar-refractivity contribution in [3.8, 4) is 34.8 Å². The van der Waals surface area contributed by atoms with E-state index < -0.39 is 40.9 Å². The first-order valence-corrected chi connectivity index (χ1v) is 21.3. The first-order chi connectivity index (χ1) is 28.1. The number of thioether (sulfide) groups is 1. The van der Waals surface area contributed by atoms with Crippen LogP contribution in [0.25, 0.3) is 10.9 Å². The normalized spacial score (nSPS) is 28.6. The molecule has 2 saturated heterocycles. The van der Waals surface area contributed by atoms with Gasteiger partial charge in [-0.1, -0.05) is 24.3 Å². The summed E-state index contributed by atoms with van der Waals surface area (Å²) in [5.41, 5.74) is 6.21. The maximum absolute atomic E-state index is 14.9. The van der Waals surface area contributed by atoms with E-state index in [9.17, 15) is 20.0 Å². The highest BCUT2D eigenvalue weighted by Gasteiger charge is 2.61. The molecule has 3 N–H and O–H groups in total. The van der Waals surface area contributed by atoms with E-state index in [2.05, 4.69) is 38.3 Å². The third-order valence-corrected chi connectivity index (χ3v) is 15.0. The number of alkyl halides is 1. The van der Waals surface area contributed by atoms with Crippen LogP contribution in [0.1, 0.15) is 68.4 Å². The molecule has 2 fully saturated rings. The van der Waals surface area contributed by atoms with Crippen molar-refractivity contribution in [2.75, 3.05) is 52.3 Å². The summed E-state index contributed by atoms with van der Waals surface area (Å²) >= 11 is 7.66. The molecule has 3 aromatic carbocycles. The number of esters is 1. The number of phenolic OH excluding ortho intramolecular Hbond substituents is 1. The Hall–Kier alpha value is -4.49. The number of aromatic nitrogens is 1. The molecule has 4 aromatic rings. The number of carbonyl (C=O) groups excluding carboxylic acids is 2. The highest BCUT2D eigenvalue weighted by molar-refractivity contribution is 7.99. The molecule has 15 heteroatoms. The molecule has 8 heterocycles. The quantitative estimate of drug-likeness (QED) is 0.137. The number of phenols is 1. The second-order valence-corrected chi connectivity index (χ2v) is 17.6. The van der Waals surface area contributed by atoms with Crippen molar-refractivity contribution in [3.05, 3.63) is 75.0 Å². The van der Waals surface area contributed by atoms with Crippen molar-refractivity contribution >= 4 is 46.0 Å². The number of aryl methyl sites for hydroxylation is 1. The number of ether oxygens (including phenoxy) is 5. The van der Waals surface area contributed by atoms with Gasteiger partial charge in [-0.25, -0.2) is 0 Å². The maximum atomic E-state index is 14.9. The van der Waals surface area contributed by atoms with E-state index in [0.29, 0.717) is 47.1 Å². The second kappa shape index (κ2) is 14.1. The van der Waals surface area contributed by atoms with Gasteiger partial charge in [-0.2, -0.15) is 5.26 Å². The Morgan fingerprint density at radius 1 is 1.17 bits per heavy atom. The summed E-state index contributed by atoms with van der Waals surface area (Å²) in [5.74, 6) is 1.52. The fourth-order valence-corrected chi connectivity index (χ4v) is 12.8. The minimum atomic E-state index is -1.17. The molecule has 0 radical (unpaired) electrons. The summed E-state index contributed by atoms with van der Waals surface area (Å²) in [5, 5.41) is 27.6. The predicted molar refractivity (Wildman–Crippen MR) is 216 cm³/mol. The molecular weight excluding hydrogens is 782 g/mol. The van der Waals surface area contributed by atoms with Gasteiger partial charge in [0.15, 0.2) is 28.8 Å². The molecule has 11 rings (SSSR count). The number of rotatable bonds is 4. The number of aromatic amines is 1. The Balaban J connectivity index is 1.26. The average molecular weight is 826 g/mol. The van der Waals surface area contributed by atoms with Crippen LogP contribution < -0.4 is 24.3 Å². The molecule has 1 spiro atoms. The smallest absolute Gasteiger partial charge is 0.312 e. The summed E-state index contributed by atoms with van der Waals surface area (Å²) in [4.78, 5) is 36.5. The lowest BCUT2D eigenvalue weighted by Gasteiger charge is -2.61. The predicted octanol–water partition coefficient (Wildman–Crippen LogP) is 5.41. The van der Waals surface area contributed by atoms with Gasteiger partial charge in [0.05, 0.1) is 43.5 Å². The highest BCUT2D eigenvalue weighted by atomic mass is 35.5. The number of hydrogen-bond donors (Lipinski definition) is 3. The van der Waals surface area contributed by atoms with Gasteiger partial charge >= 0.3 is 5.97 Å². The van der Waals surface area contributed by atoms with E-state index in [0.717, 1.165) is 50.8 Å². The van der Waals surface area contributed by atoms with Gasteiger partial charge in [-0.3, -0.25) is 24.7 Å². The minimum Gasteiger partial charge on any atom is -0.504 e. The van der Waals surface area contributed by atoms with Gasteiger partial charge in [0, 0.05) is 69.1 Å². The Morgan fingerprint density at radius 2 is 1.98 bits per heavy atom. The summed E-state index contributed by atoms with van der Waals surface area (Å²) in [7, 11) is 3.57. The van der Waals surface area contributed by atoms with Gasteiger partial charge in [0.1, 0.15) is 23.9 Å². The molecule has 1 aromatic heterocycles. The summed E-state index contributed by atoms with van der Waals surface area (Å²) < 4.78 is 31.2. The zero-order valence-electron chi connectivity index (χ0n) is 32.6. The Morgan fingerprint density at radius 3 is 2.78 bits per heavy atom. The Bertz CT molecular complexity index is 2450. The maximum Gasteiger partial charge on any atom is 0.312 e. The molecule has 7 aliphatic heterocycles. The number of H-pyrrole nitrogens is 1. The molecule has 0 aliphatic carbocycles. The van der Waals surface area contributed by atoms with E-state index in [-0.39, 0.29) is 55.6 Å². The van der Waals surface area contributed by atoms with Gasteiger partial charge in [-0.15, -0.1) is 23.4 Å². The van der Waals surface area contributed by atoms with E-state index >= 15 is 0 Å². The van der Waals surface area contributed by atoms with Crippen molar-refractivity contribution in [2.24, 2.45) is 0 Å². The Kier molecular flexibility index (Phi) is 9.16. The van der Waals surface area contributed by atoms with Crippen LogP contribution in [-0.4, -0.2) is 102 Å². The van der Waals surface area contributed by atoms with Crippen LogP contribution in [-0.2, 0) is 32.7 Å². The zero-order valence-corrected chi connectivity index (χ0v) is 34.2. The van der Waals surface area contributed by atoms with Crippen molar-refractivity contribution in [3.63, 3.8) is 0 Å². The molecule has 0 saturated carbocycles. The number of nitrogens with one attached hydrogen (secondary N) is 2. The molecule has 58 heavy (non-hydrogen) atoms. The fraction of sp³-hybridized carbons (Fsp3) is 0.465. The number of ketones is 1. The number of fused-ring (bicyclic) bond motifs is 12. The molecule has 0 amide bonds. The average Bonchev–Trinajstić information content (AvgIpc) is 3.85. The van der Waals surface area contributed by atoms with Crippen LogP contribution in [0.15, 0.2) is 30.3 Å². The molecule has 302 valence electrons. The van der Waals surface area contributed by atoms with Crippen molar-refractivity contribution < 1.29 is 38.4 Å². The number of piperazine rings is 1. The fourth-order valence-electron chi connectivity index (χ4n) is 10.9. The number of Topliss-reactive ketones (excluding diaryl/α,β-unsaturated/α-hetero) is 1. The zero-order chi connectivity index (χ0) is 40.2. The lowest BCUT2D eigenvalue weighted by Crippen LogP contribution is -2.69. The molecule has 1 unspecified atom stereocenters. The number of methoxy groups -OCH3 is 1. The topological polar surface area (TPSA) is 159 Å². The summed E-state index contributed by atoms with van der Waals surface area (Å²) in [6, 6.07) is 10.4. The van der Waals surface area contributed by atoms with Gasteiger partial charge in [0.25, 0.3) is 0 Å². The molecule has 4 bridgehead atoms. The van der Waals surface area contributed by atoms with Crippen molar-refractivity contribution in [2.45, 2.75) is 74.1 Å². The number of carbonyl (C=O) groups is 2. The standard InChI is InChI=1S/C43H44ClN5O8S/c1-20-13-22-14-26-27(15-45)49-28-16-54-17-29(50)43(42-24(10-12-46-43)23-7-5-6-8-25(23)47-42)18-58-41(35(49)34(48(26)3)31(22)36(52)37(20)53-4)33-32(28)40-39(55-19-56-40)21(2)38(33)57-30(51)9-11-44/h5-8,13,26-28,34-35,41,46-47,52H,9-12,14,16-19H2,1-4H3/t26-,27-,28-,34+,35?,41+,43-/m0/s1. The molecule has 13 nitrogen and oxygen atoms in total. The van der Waals surface area contributed by atoms with Gasteiger partial charge in [-0.05, 0) is 56.5 Å². The number of likely N-dealkylation sites (N-methyl/N-ethyl adjacent to an activating group) is 1. The first-order valence-electron chi connectivity index (χ1n) is 19.7. The van der Waals surface area contributed by atoms with Crippen LogP contribution in [0, 0.1) is 25.2 Å². The van der Waals surface area contributed by atoms with Crippen LogP contribution >= 0.6 is 23.4 Å². The summed E-state index contributed by atoms with van der Waals surface area (Å²) in [6.45, 7) is 4.14. The number of aromatic hydroxyl groups is 1. The van der Waals surface area contributed by atoms with E-state index in [1.807, 2.05) is 39.1 Å². The number of hydrogen-bond acceptors (Lipinski definition) is 13. The van der Waals surface area contributed by atoms with E-state index in [4.69, 9.17) is 35.3 Å². The van der Waals surface area contributed by atoms with Crippen molar-refractivity contribution in [1.29, 1.82) is 5.26 Å². The van der Waals surface area contributed by atoms with Gasteiger partial charge in [0.2, 0.25) is 6.79 Å². The van der Waals surface area contributed by atoms with Crippen molar-refractivity contribution in [1.82, 2.24) is 20.1 Å². The molecule has 7 aliphatic rings. The van der Waals surface area contributed by atoms with Gasteiger partial charge < -0.3 is 33.8 Å². The number of para-hydroxylation sites is 1. The number of nitriles is 1. The Labute approximate surface area is 344 Å². The van der Waals surface area contributed by atoms with Crippen LogP contribution in [0.3, 0.4) is 0 Å². The van der Waals surface area contributed by atoms with E-state index in [1.165, 1.54) is 0 Å².